The number of methoxy groups -OCH3 is 2. The van der Waals surface area contributed by atoms with Gasteiger partial charge in [-0.05, 0) is 87.7 Å². The number of nitrogens with zero attached hydrogens (tertiary/aromatic N) is 4. The molecule has 0 aliphatic carbocycles. The number of hydrogen-bond acceptors (Lipinski definition) is 15. The van der Waals surface area contributed by atoms with Gasteiger partial charge in [-0.25, -0.2) is 5.48 Å². The molecule has 2 heterocycles. The van der Waals surface area contributed by atoms with Crippen molar-refractivity contribution in [1.82, 2.24) is 41.0 Å². The molecule has 492 valence electrons. The minimum Gasteiger partial charge on any atom is -0.481 e. The summed E-state index contributed by atoms with van der Waals surface area (Å²) in [4.78, 5) is 132. The third-order valence-corrected chi connectivity index (χ3v) is 16.8. The minimum atomic E-state index is -1.07. The molecule has 8 amide bonds. The molecular formula is C64H101N9O15. The van der Waals surface area contributed by atoms with Crippen LogP contribution in [0.15, 0.2) is 54.6 Å². The van der Waals surface area contributed by atoms with Crippen molar-refractivity contribution >= 4 is 58.9 Å². The van der Waals surface area contributed by atoms with Gasteiger partial charge >= 0.3 is 5.97 Å². The Morgan fingerprint density at radius 1 is 0.682 bits per heavy atom. The second-order valence-corrected chi connectivity index (χ2v) is 24.2. The van der Waals surface area contributed by atoms with Gasteiger partial charge < -0.3 is 60.0 Å². The maximum atomic E-state index is 14.5. The fourth-order valence-electron chi connectivity index (χ4n) is 11.5. The van der Waals surface area contributed by atoms with Crippen molar-refractivity contribution in [3.8, 4) is 0 Å². The summed E-state index contributed by atoms with van der Waals surface area (Å²) in [5, 5.41) is 20.5. The first-order valence-electron chi connectivity index (χ1n) is 31.0. The monoisotopic (exact) mass is 1240 g/mol. The molecule has 0 spiro atoms. The van der Waals surface area contributed by atoms with E-state index in [2.05, 4.69) is 26.7 Å². The Bertz CT molecular complexity index is 2540. The molecule has 2 aliphatic rings. The number of benzene rings is 2. The first-order valence-corrected chi connectivity index (χ1v) is 31.0. The number of nitrogens with one attached hydrogen (secondary N) is 5. The Morgan fingerprint density at radius 3 is 1.89 bits per heavy atom. The molecule has 2 aliphatic heterocycles. The number of carboxylic acids is 1. The highest BCUT2D eigenvalue weighted by Crippen LogP contribution is 2.30. The molecular weight excluding hydrogens is 1130 g/mol. The van der Waals surface area contributed by atoms with E-state index in [1.807, 2.05) is 90.9 Å². The van der Waals surface area contributed by atoms with Crippen molar-refractivity contribution in [3.05, 3.63) is 65.7 Å². The minimum absolute atomic E-state index is 0.00293. The van der Waals surface area contributed by atoms with Crippen LogP contribution in [0.2, 0.25) is 0 Å². The van der Waals surface area contributed by atoms with E-state index in [-0.39, 0.29) is 106 Å². The zero-order valence-electron chi connectivity index (χ0n) is 54.2. The topological polar surface area (TPSA) is 293 Å². The molecule has 0 saturated carbocycles. The summed E-state index contributed by atoms with van der Waals surface area (Å²) < 4.78 is 23.1. The average Bonchev–Trinajstić information content (AvgIpc) is 4.12. The van der Waals surface area contributed by atoms with Gasteiger partial charge in [-0.3, -0.25) is 52.9 Å². The second-order valence-electron chi connectivity index (χ2n) is 24.2. The molecule has 6 N–H and O–H groups in total. The van der Waals surface area contributed by atoms with E-state index < -0.39 is 84.0 Å². The van der Waals surface area contributed by atoms with Gasteiger partial charge in [0.15, 0.2) is 0 Å². The molecule has 24 nitrogen and oxygen atoms in total. The fraction of sp³-hybridized carbons (Fsp3) is 0.672. The normalized spacial score (nSPS) is 17.7. The Labute approximate surface area is 520 Å². The lowest BCUT2D eigenvalue weighted by atomic mass is 9.89. The number of carboxylic acid groups (broad SMARTS) is 1. The van der Waals surface area contributed by atoms with Gasteiger partial charge in [0.2, 0.25) is 41.4 Å². The third kappa shape index (κ3) is 22.8. The number of carbonyl (C=O) groups excluding carboxylic acids is 8. The van der Waals surface area contributed by atoms with Crippen LogP contribution in [0, 0.1) is 29.6 Å². The van der Waals surface area contributed by atoms with Gasteiger partial charge in [0.25, 0.3) is 5.91 Å². The maximum Gasteiger partial charge on any atom is 0.306 e. The molecule has 10 unspecified atom stereocenters. The van der Waals surface area contributed by atoms with Crippen LogP contribution in [0.4, 0.5) is 5.69 Å². The number of likely N-dealkylation sites (N-methyl/N-ethyl adjacent to an activating group) is 2. The van der Waals surface area contributed by atoms with Crippen LogP contribution >= 0.6 is 0 Å². The predicted molar refractivity (Wildman–Crippen MR) is 331 cm³/mol. The van der Waals surface area contributed by atoms with E-state index in [1.54, 1.807) is 59.9 Å². The molecule has 24 heteroatoms. The van der Waals surface area contributed by atoms with E-state index in [1.165, 1.54) is 14.2 Å². The summed E-state index contributed by atoms with van der Waals surface area (Å²) in [5.41, 5.74) is 4.38. The van der Waals surface area contributed by atoms with E-state index in [0.717, 1.165) is 5.56 Å². The number of anilines is 1. The van der Waals surface area contributed by atoms with Crippen molar-refractivity contribution < 1.29 is 72.0 Å². The van der Waals surface area contributed by atoms with Gasteiger partial charge in [-0.2, -0.15) is 0 Å². The first-order chi connectivity index (χ1) is 41.8. The molecule has 2 fully saturated rings. The van der Waals surface area contributed by atoms with Crippen LogP contribution in [0.1, 0.15) is 118 Å². The summed E-state index contributed by atoms with van der Waals surface area (Å²) in [6, 6.07) is 11.7. The van der Waals surface area contributed by atoms with Crippen LogP contribution in [-0.4, -0.2) is 208 Å². The van der Waals surface area contributed by atoms with Gasteiger partial charge in [0.05, 0.1) is 88.0 Å². The molecule has 4 rings (SSSR count). The maximum absolute atomic E-state index is 14.5. The Balaban J connectivity index is 1.28. The van der Waals surface area contributed by atoms with Gasteiger partial charge in [-0.15, -0.1) is 0 Å². The van der Waals surface area contributed by atoms with Gasteiger partial charge in [-0.1, -0.05) is 97.4 Å². The summed E-state index contributed by atoms with van der Waals surface area (Å²) in [5.74, 6) is -5.11. The lowest BCUT2D eigenvalue weighted by Gasteiger charge is -2.41. The van der Waals surface area contributed by atoms with Gasteiger partial charge in [0.1, 0.15) is 18.1 Å². The number of aliphatic carboxylic acids is 1. The lowest BCUT2D eigenvalue weighted by Crippen LogP contribution is -2.59. The van der Waals surface area contributed by atoms with Crippen molar-refractivity contribution in [3.63, 3.8) is 0 Å². The standard InChI is InChI=1S/C64H101N9O15/c1-14-42(6)57(71(11)63(81)55(40(2)3)68-62(80)56(41(4)5)70(9)10)51(84-12)38-54(76)73-30-18-21-50(73)58(85-13)43(7)59(77)67-49(37-45-19-16-15-17-20-45)61(79)69-88-39-46-22-24-48(25-23-46)66-60(78)44(8)65-52(74)28-33-86-35-36-87-34-29-53(75)72-31-26-47(27-32-72)64(82)83/h15-17,19-20,22-25,40-44,47,49-51,55-58H,14,18,21,26-39H2,1-13H3,(H,65,74)(H,66,78)(H,67,77)(H,68,80)(H,69,79)(H,82,83). The van der Waals surface area contributed by atoms with E-state index in [9.17, 15) is 43.2 Å². The highest BCUT2D eigenvalue weighted by Gasteiger charge is 2.44. The molecule has 0 radical (unpaired) electrons. The van der Waals surface area contributed by atoms with Crippen molar-refractivity contribution in [1.29, 1.82) is 0 Å². The van der Waals surface area contributed by atoms with Crippen LogP contribution in [-0.2, 0) is 80.0 Å². The van der Waals surface area contributed by atoms with Crippen molar-refractivity contribution in [2.45, 2.75) is 168 Å². The fourth-order valence-corrected chi connectivity index (χ4v) is 11.5. The highest BCUT2D eigenvalue weighted by atomic mass is 16.7. The lowest BCUT2D eigenvalue weighted by molar-refractivity contribution is -0.148. The number of piperidine rings is 1. The number of likely N-dealkylation sites (tertiary alicyclic amines) is 2. The summed E-state index contributed by atoms with van der Waals surface area (Å²) in [6.07, 6.45) is 1.59. The number of amides is 8. The van der Waals surface area contributed by atoms with Crippen LogP contribution in [0.25, 0.3) is 0 Å². The predicted octanol–water partition coefficient (Wildman–Crippen LogP) is 4.19. The summed E-state index contributed by atoms with van der Waals surface area (Å²) in [6.45, 7) is 16.9. The highest BCUT2D eigenvalue weighted by molar-refractivity contribution is 5.97. The Kier molecular flexibility index (Phi) is 31.4. The molecule has 2 aromatic rings. The second kappa shape index (κ2) is 37.4. The van der Waals surface area contributed by atoms with Gasteiger partial charge in [0, 0.05) is 59.4 Å². The molecule has 0 bridgehead atoms. The van der Waals surface area contributed by atoms with Crippen molar-refractivity contribution in [2.75, 3.05) is 86.7 Å². The van der Waals surface area contributed by atoms with Crippen molar-refractivity contribution in [2.24, 2.45) is 29.6 Å². The van der Waals surface area contributed by atoms with Crippen LogP contribution in [0.5, 0.6) is 0 Å². The molecule has 2 aromatic carbocycles. The average molecular weight is 1240 g/mol. The zero-order chi connectivity index (χ0) is 65.2. The molecule has 0 aromatic heterocycles. The van der Waals surface area contributed by atoms with Crippen LogP contribution in [0.3, 0.4) is 0 Å². The quantitative estimate of drug-likeness (QED) is 0.0408. The van der Waals surface area contributed by atoms with Crippen LogP contribution < -0.4 is 26.7 Å². The van der Waals surface area contributed by atoms with E-state index in [4.69, 9.17) is 28.9 Å². The molecule has 10 atom stereocenters. The third-order valence-electron chi connectivity index (χ3n) is 16.8. The zero-order valence-corrected chi connectivity index (χ0v) is 54.2. The summed E-state index contributed by atoms with van der Waals surface area (Å²) in [7, 11) is 8.41. The SMILES string of the molecule is CCC(C)C(C(CC(=O)N1CCCC1C(OC)C(C)C(=O)NC(Cc1ccccc1)C(=O)NOCc1ccc(NC(=O)C(C)NC(=O)CCOCCOCCC(=O)N2CCC(C(=O)O)CC2)cc1)OC)N(C)C(=O)C(NC(=O)C(C(C)C)N(C)C)C(C)C. The number of hydroxylamine groups is 1. The Morgan fingerprint density at radius 2 is 1.32 bits per heavy atom. The van der Waals surface area contributed by atoms with E-state index in [0.29, 0.717) is 63.0 Å². The number of carbonyl (C=O) groups is 9. The van der Waals surface area contributed by atoms with E-state index >= 15 is 0 Å². The Hall–Kier alpha value is -6.57. The number of ether oxygens (including phenoxy) is 4. The smallest absolute Gasteiger partial charge is 0.306 e. The first kappa shape index (κ1) is 73.9. The molecule has 88 heavy (non-hydrogen) atoms. The number of hydrogen-bond donors (Lipinski definition) is 6. The molecule has 2 saturated heterocycles. The number of rotatable bonds is 37. The largest absolute Gasteiger partial charge is 0.481 e. The summed E-state index contributed by atoms with van der Waals surface area (Å²) >= 11 is 0.